The Hall–Kier alpha value is -0.770. The van der Waals surface area contributed by atoms with Crippen molar-refractivity contribution in [3.63, 3.8) is 0 Å². The fourth-order valence-electron chi connectivity index (χ4n) is 3.90. The molecule has 3 rings (SSSR count). The average Bonchev–Trinajstić information content (AvgIpc) is 3.07. The van der Waals surface area contributed by atoms with Crippen molar-refractivity contribution in [3.8, 4) is 0 Å². The maximum Gasteiger partial charge on any atom is 0.191 e. The first-order valence-corrected chi connectivity index (χ1v) is 9.13. The molecule has 0 bridgehead atoms. The van der Waals surface area contributed by atoms with Crippen LogP contribution in [-0.2, 0) is 0 Å². The Bertz CT molecular complexity index is 345. The molecule has 1 aliphatic heterocycles. The molecule has 120 valence electrons. The first-order valence-electron chi connectivity index (χ1n) is 9.13. The van der Waals surface area contributed by atoms with Crippen LogP contribution in [0.15, 0.2) is 4.99 Å². The molecule has 2 saturated carbocycles. The second-order valence-electron chi connectivity index (χ2n) is 7.14. The molecule has 0 spiro atoms. The number of hydrogen-bond acceptors (Lipinski definition) is 2. The van der Waals surface area contributed by atoms with Gasteiger partial charge in [0.25, 0.3) is 0 Å². The van der Waals surface area contributed by atoms with Crippen molar-refractivity contribution >= 4 is 5.96 Å². The van der Waals surface area contributed by atoms with Crippen LogP contribution in [0.5, 0.6) is 0 Å². The van der Waals surface area contributed by atoms with E-state index < -0.39 is 0 Å². The highest BCUT2D eigenvalue weighted by atomic mass is 15.2. The fraction of sp³-hybridized carbons (Fsp3) is 0.941. The van der Waals surface area contributed by atoms with Crippen molar-refractivity contribution in [2.45, 2.75) is 70.4 Å². The van der Waals surface area contributed by atoms with E-state index in [1.54, 1.807) is 0 Å². The smallest absolute Gasteiger partial charge is 0.191 e. The van der Waals surface area contributed by atoms with Crippen molar-refractivity contribution in [2.75, 3.05) is 26.2 Å². The van der Waals surface area contributed by atoms with E-state index in [-0.39, 0.29) is 0 Å². The quantitative estimate of drug-likeness (QED) is 0.603. The van der Waals surface area contributed by atoms with Crippen LogP contribution in [0, 0.1) is 5.92 Å². The van der Waals surface area contributed by atoms with Gasteiger partial charge in [-0.25, -0.2) is 0 Å². The normalized spacial score (nSPS) is 28.8. The summed E-state index contributed by atoms with van der Waals surface area (Å²) in [4.78, 5) is 7.28. The van der Waals surface area contributed by atoms with Crippen molar-refractivity contribution in [1.82, 2.24) is 15.5 Å². The number of guanidine groups is 1. The van der Waals surface area contributed by atoms with Crippen LogP contribution in [0.25, 0.3) is 0 Å². The monoisotopic (exact) mass is 292 g/mol. The summed E-state index contributed by atoms with van der Waals surface area (Å²) in [5.74, 6) is 2.02. The van der Waals surface area contributed by atoms with Crippen LogP contribution in [-0.4, -0.2) is 49.1 Å². The van der Waals surface area contributed by atoms with Crippen LogP contribution in [0.3, 0.4) is 0 Å². The van der Waals surface area contributed by atoms with E-state index in [0.29, 0.717) is 12.1 Å². The summed E-state index contributed by atoms with van der Waals surface area (Å²) in [6.07, 6.45) is 11.1. The molecule has 1 atom stereocenters. The van der Waals surface area contributed by atoms with Crippen LogP contribution >= 0.6 is 0 Å². The summed E-state index contributed by atoms with van der Waals surface area (Å²) < 4.78 is 0. The van der Waals surface area contributed by atoms with Gasteiger partial charge >= 0.3 is 0 Å². The zero-order valence-corrected chi connectivity index (χ0v) is 13.6. The maximum absolute atomic E-state index is 4.61. The third-order valence-corrected chi connectivity index (χ3v) is 5.37. The Balaban J connectivity index is 1.42. The maximum atomic E-state index is 4.61. The van der Waals surface area contributed by atoms with Crippen LogP contribution in [0.2, 0.25) is 0 Å². The van der Waals surface area contributed by atoms with Gasteiger partial charge < -0.3 is 15.5 Å². The van der Waals surface area contributed by atoms with Crippen molar-refractivity contribution < 1.29 is 0 Å². The molecule has 0 aromatic heterocycles. The van der Waals surface area contributed by atoms with E-state index in [1.165, 1.54) is 71.0 Å². The summed E-state index contributed by atoms with van der Waals surface area (Å²) in [6, 6.07) is 1.25. The summed E-state index contributed by atoms with van der Waals surface area (Å²) in [5, 5.41) is 7.26. The van der Waals surface area contributed by atoms with Gasteiger partial charge in [0.15, 0.2) is 5.96 Å². The molecule has 2 aliphatic carbocycles. The van der Waals surface area contributed by atoms with Gasteiger partial charge in [-0.3, -0.25) is 4.99 Å². The Morgan fingerprint density at radius 1 is 1.00 bits per heavy atom. The molecule has 21 heavy (non-hydrogen) atoms. The third-order valence-electron chi connectivity index (χ3n) is 5.37. The Kier molecular flexibility index (Phi) is 5.39. The molecule has 0 aromatic rings. The van der Waals surface area contributed by atoms with Gasteiger partial charge in [0.1, 0.15) is 0 Å². The molecule has 2 N–H and O–H groups in total. The first-order chi connectivity index (χ1) is 10.3. The third kappa shape index (κ3) is 4.35. The summed E-state index contributed by atoms with van der Waals surface area (Å²) in [7, 11) is 0. The summed E-state index contributed by atoms with van der Waals surface area (Å²) >= 11 is 0. The number of likely N-dealkylation sites (tertiary alicyclic amines) is 1. The molecular formula is C17H32N4. The minimum Gasteiger partial charge on any atom is -0.354 e. The SMILES string of the molecule is CCN=C(NC1CCC1)NC1CCN(CC2CCCC2)C1. The van der Waals surface area contributed by atoms with E-state index in [2.05, 4.69) is 27.4 Å². The second kappa shape index (κ2) is 7.48. The second-order valence-corrected chi connectivity index (χ2v) is 7.14. The van der Waals surface area contributed by atoms with E-state index in [4.69, 9.17) is 0 Å². The molecular weight excluding hydrogens is 260 g/mol. The predicted octanol–water partition coefficient (Wildman–Crippen LogP) is 2.36. The van der Waals surface area contributed by atoms with Crippen molar-refractivity contribution in [3.05, 3.63) is 0 Å². The minimum absolute atomic E-state index is 0.587. The van der Waals surface area contributed by atoms with Gasteiger partial charge in [-0.15, -0.1) is 0 Å². The highest BCUT2D eigenvalue weighted by Crippen LogP contribution is 2.26. The zero-order chi connectivity index (χ0) is 14.5. The average molecular weight is 292 g/mol. The molecule has 3 aliphatic rings. The minimum atomic E-state index is 0.587. The largest absolute Gasteiger partial charge is 0.354 e. The topological polar surface area (TPSA) is 39.7 Å². The van der Waals surface area contributed by atoms with E-state index in [0.717, 1.165) is 18.4 Å². The van der Waals surface area contributed by atoms with Crippen LogP contribution in [0.4, 0.5) is 0 Å². The molecule has 1 saturated heterocycles. The van der Waals surface area contributed by atoms with Gasteiger partial charge in [0.2, 0.25) is 0 Å². The molecule has 0 radical (unpaired) electrons. The van der Waals surface area contributed by atoms with Crippen LogP contribution < -0.4 is 10.6 Å². The molecule has 1 heterocycles. The number of nitrogens with zero attached hydrogens (tertiary/aromatic N) is 2. The highest BCUT2D eigenvalue weighted by Gasteiger charge is 2.27. The lowest BCUT2D eigenvalue weighted by molar-refractivity contribution is 0.275. The lowest BCUT2D eigenvalue weighted by Crippen LogP contribution is -2.50. The van der Waals surface area contributed by atoms with Gasteiger partial charge in [-0.1, -0.05) is 12.8 Å². The number of nitrogens with one attached hydrogen (secondary N) is 2. The van der Waals surface area contributed by atoms with E-state index >= 15 is 0 Å². The van der Waals surface area contributed by atoms with E-state index in [9.17, 15) is 0 Å². The number of aliphatic imine (C=N–C) groups is 1. The Labute approximate surface area is 129 Å². The summed E-state index contributed by atoms with van der Waals surface area (Å²) in [6.45, 7) is 6.77. The van der Waals surface area contributed by atoms with Crippen LogP contribution in [0.1, 0.15) is 58.3 Å². The highest BCUT2D eigenvalue weighted by molar-refractivity contribution is 5.80. The molecule has 0 aromatic carbocycles. The lowest BCUT2D eigenvalue weighted by atomic mass is 9.93. The summed E-state index contributed by atoms with van der Waals surface area (Å²) in [5.41, 5.74) is 0. The number of rotatable bonds is 5. The Morgan fingerprint density at radius 3 is 2.43 bits per heavy atom. The Morgan fingerprint density at radius 2 is 1.76 bits per heavy atom. The number of hydrogen-bond donors (Lipinski definition) is 2. The standard InChI is InChI=1S/C17H32N4/c1-2-18-17(19-15-8-5-9-15)20-16-10-11-21(13-16)12-14-6-3-4-7-14/h14-16H,2-13H2,1H3,(H2,18,19,20). The van der Waals surface area contributed by atoms with Crippen molar-refractivity contribution in [2.24, 2.45) is 10.9 Å². The van der Waals surface area contributed by atoms with E-state index in [1.807, 2.05) is 0 Å². The lowest BCUT2D eigenvalue weighted by Gasteiger charge is -2.29. The molecule has 4 heteroatoms. The molecule has 0 amide bonds. The zero-order valence-electron chi connectivity index (χ0n) is 13.6. The van der Waals surface area contributed by atoms with Crippen molar-refractivity contribution in [1.29, 1.82) is 0 Å². The molecule has 3 fully saturated rings. The molecule has 4 nitrogen and oxygen atoms in total. The first kappa shape index (κ1) is 15.1. The van der Waals surface area contributed by atoms with Gasteiger partial charge in [-0.2, -0.15) is 0 Å². The van der Waals surface area contributed by atoms with Gasteiger partial charge in [0, 0.05) is 38.3 Å². The predicted molar refractivity (Wildman–Crippen MR) is 88.7 cm³/mol. The fourth-order valence-corrected chi connectivity index (χ4v) is 3.90. The van der Waals surface area contributed by atoms with Gasteiger partial charge in [-0.05, 0) is 51.4 Å². The molecule has 1 unspecified atom stereocenters. The van der Waals surface area contributed by atoms with Gasteiger partial charge in [0.05, 0.1) is 0 Å².